The number of alkyl carbamates (subject to hydrolysis) is 1. The second-order valence-corrected chi connectivity index (χ2v) is 5.02. The van der Waals surface area contributed by atoms with Crippen molar-refractivity contribution in [1.82, 2.24) is 10.3 Å². The van der Waals surface area contributed by atoms with Crippen molar-refractivity contribution < 1.29 is 14.6 Å². The molecule has 3 rings (SSSR count). The average Bonchev–Trinajstić information content (AvgIpc) is 2.82. The normalized spacial score (nSPS) is 19.9. The maximum absolute atomic E-state index is 11.9. The molecule has 5 nitrogen and oxygen atoms in total. The Bertz CT molecular complexity index is 630. The van der Waals surface area contributed by atoms with Crippen LogP contribution < -0.4 is 5.32 Å². The number of benzene rings is 1. The number of aliphatic hydroxyl groups excluding tert-OH is 1. The summed E-state index contributed by atoms with van der Waals surface area (Å²) in [4.78, 5) is 15.8. The van der Waals surface area contributed by atoms with Crippen LogP contribution in [0, 0.1) is 0 Å². The molecular formula is C16H16N2O3. The number of amides is 1. The minimum atomic E-state index is -0.615. The van der Waals surface area contributed by atoms with Gasteiger partial charge in [0.25, 0.3) is 0 Å². The van der Waals surface area contributed by atoms with Gasteiger partial charge >= 0.3 is 6.09 Å². The summed E-state index contributed by atoms with van der Waals surface area (Å²) in [5.74, 6) is 0. The zero-order valence-corrected chi connectivity index (χ0v) is 11.4. The standard InChI is InChI=1S/C16H16N2O3/c19-14-9-12-3-1-2-4-13(12)15(14)18-16(20)21-10-11-5-7-17-8-6-11/h1-8,14-15,19H,9-10H2,(H,18,20)/t14-,15+/m0/s1. The number of carbonyl (C=O) groups is 1. The number of nitrogens with one attached hydrogen (secondary N) is 1. The molecule has 2 atom stereocenters. The summed E-state index contributed by atoms with van der Waals surface area (Å²) in [5, 5.41) is 12.8. The van der Waals surface area contributed by atoms with Crippen molar-refractivity contribution in [2.24, 2.45) is 0 Å². The third-order valence-electron chi connectivity index (χ3n) is 3.60. The molecule has 108 valence electrons. The summed E-state index contributed by atoms with van der Waals surface area (Å²) in [6.45, 7) is 0.179. The third-order valence-corrected chi connectivity index (χ3v) is 3.60. The molecule has 2 N–H and O–H groups in total. The number of pyridine rings is 1. The number of carbonyl (C=O) groups excluding carboxylic acids is 1. The molecule has 21 heavy (non-hydrogen) atoms. The number of fused-ring (bicyclic) bond motifs is 1. The van der Waals surface area contributed by atoms with E-state index in [0.29, 0.717) is 6.42 Å². The minimum Gasteiger partial charge on any atom is -0.445 e. The van der Waals surface area contributed by atoms with Gasteiger partial charge in [-0.25, -0.2) is 4.79 Å². The summed E-state index contributed by atoms with van der Waals surface area (Å²) in [6.07, 6.45) is 2.69. The summed E-state index contributed by atoms with van der Waals surface area (Å²) < 4.78 is 5.16. The molecule has 0 unspecified atom stereocenters. The largest absolute Gasteiger partial charge is 0.445 e. The maximum atomic E-state index is 11.9. The highest BCUT2D eigenvalue weighted by Crippen LogP contribution is 2.31. The van der Waals surface area contributed by atoms with E-state index >= 15 is 0 Å². The van der Waals surface area contributed by atoms with Gasteiger partial charge in [0.05, 0.1) is 12.1 Å². The van der Waals surface area contributed by atoms with E-state index in [2.05, 4.69) is 10.3 Å². The fraction of sp³-hybridized carbons (Fsp3) is 0.250. The Balaban J connectivity index is 1.60. The topological polar surface area (TPSA) is 71.5 Å². The highest BCUT2D eigenvalue weighted by molar-refractivity contribution is 5.68. The lowest BCUT2D eigenvalue weighted by atomic mass is 10.1. The second kappa shape index (κ2) is 5.93. The SMILES string of the molecule is O=C(N[C@@H]1c2ccccc2C[C@@H]1O)OCc1ccncc1. The molecule has 5 heteroatoms. The zero-order chi connectivity index (χ0) is 14.7. The Morgan fingerprint density at radius 2 is 2.05 bits per heavy atom. The highest BCUT2D eigenvalue weighted by Gasteiger charge is 2.32. The van der Waals surface area contributed by atoms with E-state index in [1.807, 2.05) is 24.3 Å². The van der Waals surface area contributed by atoms with Gasteiger partial charge in [-0.05, 0) is 28.8 Å². The van der Waals surface area contributed by atoms with Gasteiger partial charge in [-0.3, -0.25) is 4.98 Å². The van der Waals surface area contributed by atoms with Crippen LogP contribution in [0.1, 0.15) is 22.7 Å². The molecule has 1 aromatic carbocycles. The van der Waals surface area contributed by atoms with Crippen LogP contribution in [-0.4, -0.2) is 22.3 Å². The van der Waals surface area contributed by atoms with E-state index in [-0.39, 0.29) is 6.61 Å². The average molecular weight is 284 g/mol. The van der Waals surface area contributed by atoms with Crippen LogP contribution in [0.25, 0.3) is 0 Å². The van der Waals surface area contributed by atoms with Crippen LogP contribution in [0.15, 0.2) is 48.8 Å². The van der Waals surface area contributed by atoms with Gasteiger partial charge in [0.2, 0.25) is 0 Å². The van der Waals surface area contributed by atoms with Crippen molar-refractivity contribution in [3.8, 4) is 0 Å². The first-order chi connectivity index (χ1) is 10.2. The summed E-state index contributed by atoms with van der Waals surface area (Å²) in [5.41, 5.74) is 2.88. The Labute approximate surface area is 122 Å². The van der Waals surface area contributed by atoms with Gasteiger partial charge in [-0.1, -0.05) is 24.3 Å². The first-order valence-corrected chi connectivity index (χ1v) is 6.82. The molecule has 0 radical (unpaired) electrons. The van der Waals surface area contributed by atoms with Crippen molar-refractivity contribution in [2.75, 3.05) is 0 Å². The molecule has 2 aromatic rings. The van der Waals surface area contributed by atoms with E-state index in [4.69, 9.17) is 4.74 Å². The molecule has 1 aromatic heterocycles. The van der Waals surface area contributed by atoms with Crippen molar-refractivity contribution in [2.45, 2.75) is 25.2 Å². The number of hydrogen-bond acceptors (Lipinski definition) is 4. The van der Waals surface area contributed by atoms with Crippen LogP contribution >= 0.6 is 0 Å². The van der Waals surface area contributed by atoms with Crippen LogP contribution in [0.2, 0.25) is 0 Å². The van der Waals surface area contributed by atoms with Gasteiger partial charge in [0.15, 0.2) is 0 Å². The number of aliphatic hydroxyl groups is 1. The molecule has 0 spiro atoms. The van der Waals surface area contributed by atoms with Crippen molar-refractivity contribution >= 4 is 6.09 Å². The molecule has 0 aliphatic heterocycles. The lowest BCUT2D eigenvalue weighted by Gasteiger charge is -2.17. The Kier molecular flexibility index (Phi) is 3.83. The highest BCUT2D eigenvalue weighted by atomic mass is 16.5. The molecular weight excluding hydrogens is 268 g/mol. The fourth-order valence-corrected chi connectivity index (χ4v) is 2.54. The van der Waals surface area contributed by atoms with Crippen LogP contribution in [-0.2, 0) is 17.8 Å². The van der Waals surface area contributed by atoms with Gasteiger partial charge in [0.1, 0.15) is 6.61 Å². The van der Waals surface area contributed by atoms with Crippen LogP contribution in [0.5, 0.6) is 0 Å². The van der Waals surface area contributed by atoms with Gasteiger partial charge in [-0.2, -0.15) is 0 Å². The molecule has 0 saturated carbocycles. The quantitative estimate of drug-likeness (QED) is 0.904. The number of rotatable bonds is 3. The van der Waals surface area contributed by atoms with Crippen molar-refractivity contribution in [1.29, 1.82) is 0 Å². The van der Waals surface area contributed by atoms with Gasteiger partial charge in [0, 0.05) is 18.8 Å². The molecule has 0 fully saturated rings. The molecule has 1 aliphatic carbocycles. The Morgan fingerprint density at radius 3 is 2.86 bits per heavy atom. The summed E-state index contributed by atoms with van der Waals surface area (Å²) in [6, 6.07) is 10.9. The number of nitrogens with zero attached hydrogens (tertiary/aromatic N) is 1. The van der Waals surface area contributed by atoms with E-state index in [1.165, 1.54) is 0 Å². The van der Waals surface area contributed by atoms with Crippen molar-refractivity contribution in [3.05, 3.63) is 65.5 Å². The molecule has 1 amide bonds. The Morgan fingerprint density at radius 1 is 1.29 bits per heavy atom. The lowest BCUT2D eigenvalue weighted by molar-refractivity contribution is 0.109. The zero-order valence-electron chi connectivity index (χ0n) is 11.4. The molecule has 1 heterocycles. The number of hydrogen-bond donors (Lipinski definition) is 2. The smallest absolute Gasteiger partial charge is 0.408 e. The predicted molar refractivity (Wildman–Crippen MR) is 76.5 cm³/mol. The van der Waals surface area contributed by atoms with E-state index in [0.717, 1.165) is 16.7 Å². The first kappa shape index (κ1) is 13.6. The number of ether oxygens (including phenoxy) is 1. The Hall–Kier alpha value is -2.40. The first-order valence-electron chi connectivity index (χ1n) is 6.82. The minimum absolute atomic E-state index is 0.179. The van der Waals surface area contributed by atoms with Gasteiger partial charge < -0.3 is 15.2 Å². The lowest BCUT2D eigenvalue weighted by Crippen LogP contribution is -2.34. The van der Waals surface area contributed by atoms with E-state index < -0.39 is 18.2 Å². The van der Waals surface area contributed by atoms with E-state index in [1.54, 1.807) is 24.5 Å². The van der Waals surface area contributed by atoms with Gasteiger partial charge in [-0.15, -0.1) is 0 Å². The predicted octanol–water partition coefficient (Wildman–Crippen LogP) is 1.97. The third kappa shape index (κ3) is 3.03. The van der Waals surface area contributed by atoms with Crippen molar-refractivity contribution in [3.63, 3.8) is 0 Å². The maximum Gasteiger partial charge on any atom is 0.408 e. The monoisotopic (exact) mass is 284 g/mol. The summed E-state index contributed by atoms with van der Waals surface area (Å²) in [7, 11) is 0. The van der Waals surface area contributed by atoms with Crippen LogP contribution in [0.3, 0.4) is 0 Å². The molecule has 0 bridgehead atoms. The second-order valence-electron chi connectivity index (χ2n) is 5.02. The fourth-order valence-electron chi connectivity index (χ4n) is 2.54. The van der Waals surface area contributed by atoms with Crippen LogP contribution in [0.4, 0.5) is 4.79 Å². The number of aromatic nitrogens is 1. The summed E-state index contributed by atoms with van der Waals surface area (Å²) >= 11 is 0. The molecule has 0 saturated heterocycles. The van der Waals surface area contributed by atoms with E-state index in [9.17, 15) is 9.90 Å². The molecule has 1 aliphatic rings.